The van der Waals surface area contributed by atoms with Crippen molar-refractivity contribution in [2.24, 2.45) is 0 Å². The zero-order chi connectivity index (χ0) is 28.5. The maximum atomic E-state index is 13.3. The van der Waals surface area contributed by atoms with Gasteiger partial charge in [-0.15, -0.1) is 0 Å². The van der Waals surface area contributed by atoms with Crippen LogP contribution in [0.25, 0.3) is 0 Å². The molecule has 8 nitrogen and oxygen atoms in total. The van der Waals surface area contributed by atoms with E-state index in [0.717, 1.165) is 40.7 Å². The fraction of sp³-hybridized carbons (Fsp3) is 0.462. The zero-order valence-electron chi connectivity index (χ0n) is 21.9. The number of sulfonamides is 1. The summed E-state index contributed by atoms with van der Waals surface area (Å²) in [5, 5.41) is 2.77. The molecule has 0 aromatic heterocycles. The predicted octanol–water partition coefficient (Wildman–Crippen LogP) is 4.20. The van der Waals surface area contributed by atoms with Gasteiger partial charge in [-0.05, 0) is 55.7 Å². The first-order chi connectivity index (χ1) is 17.8. The van der Waals surface area contributed by atoms with Crippen LogP contribution in [0.2, 0.25) is 0 Å². The number of rotatable bonds is 13. The minimum atomic E-state index is -4.63. The molecule has 2 rings (SSSR count). The molecule has 2 amide bonds. The van der Waals surface area contributed by atoms with E-state index >= 15 is 0 Å². The highest BCUT2D eigenvalue weighted by molar-refractivity contribution is 7.92. The number of nitrogens with zero attached hydrogens (tertiary/aromatic N) is 2. The quantitative estimate of drug-likeness (QED) is 0.398. The highest BCUT2D eigenvalue weighted by Crippen LogP contribution is 2.32. The molecule has 0 fully saturated rings. The van der Waals surface area contributed by atoms with Gasteiger partial charge in [-0.2, -0.15) is 13.2 Å². The Morgan fingerprint density at radius 2 is 1.79 bits per heavy atom. The van der Waals surface area contributed by atoms with Crippen LogP contribution in [0.1, 0.15) is 44.2 Å². The minimum Gasteiger partial charge on any atom is -0.497 e. The summed E-state index contributed by atoms with van der Waals surface area (Å²) in [5.41, 5.74) is -0.388. The van der Waals surface area contributed by atoms with E-state index in [2.05, 4.69) is 5.32 Å². The van der Waals surface area contributed by atoms with E-state index in [1.807, 2.05) is 6.92 Å². The number of amides is 2. The monoisotopic (exact) mass is 557 g/mol. The van der Waals surface area contributed by atoms with Crippen LogP contribution in [-0.4, -0.2) is 57.6 Å². The summed E-state index contributed by atoms with van der Waals surface area (Å²) < 4.78 is 70.3. The minimum absolute atomic E-state index is 0.0278. The SMILES string of the molecule is CCCNC(=O)[C@@H](C)N(Cc1cccc(OC)c1)C(=O)CCCN(c1cccc(C(F)(F)F)c1)S(C)(=O)=O. The fourth-order valence-electron chi connectivity index (χ4n) is 3.79. The molecular weight excluding hydrogens is 523 g/mol. The first-order valence-electron chi connectivity index (χ1n) is 12.1. The average molecular weight is 558 g/mol. The van der Waals surface area contributed by atoms with Crippen LogP contribution < -0.4 is 14.4 Å². The molecule has 0 aliphatic rings. The molecule has 38 heavy (non-hydrogen) atoms. The summed E-state index contributed by atoms with van der Waals surface area (Å²) in [4.78, 5) is 27.3. The predicted molar refractivity (Wildman–Crippen MR) is 139 cm³/mol. The molecule has 12 heteroatoms. The zero-order valence-corrected chi connectivity index (χ0v) is 22.7. The van der Waals surface area contributed by atoms with Crippen LogP contribution in [0, 0.1) is 0 Å². The standard InChI is InChI=1S/C26H34F3N3O5S/c1-5-14-30-25(34)19(2)31(18-20-9-6-12-23(16-20)37-3)24(33)13-8-15-32(38(4,35)36)22-11-7-10-21(17-22)26(27,28)29/h6-7,9-12,16-17,19H,5,8,13-15,18H2,1-4H3,(H,30,34)/t19-/m1/s1. The lowest BCUT2D eigenvalue weighted by Gasteiger charge is -2.29. The van der Waals surface area contributed by atoms with E-state index in [1.54, 1.807) is 31.2 Å². The number of halogens is 3. The normalized spacial score (nSPS) is 12.5. The molecule has 0 heterocycles. The van der Waals surface area contributed by atoms with Crippen LogP contribution >= 0.6 is 0 Å². The van der Waals surface area contributed by atoms with E-state index in [4.69, 9.17) is 4.74 Å². The molecule has 2 aromatic carbocycles. The van der Waals surface area contributed by atoms with Crippen molar-refractivity contribution in [3.63, 3.8) is 0 Å². The van der Waals surface area contributed by atoms with Gasteiger partial charge < -0.3 is 15.0 Å². The first-order valence-corrected chi connectivity index (χ1v) is 14.0. The highest BCUT2D eigenvalue weighted by Gasteiger charge is 2.32. The van der Waals surface area contributed by atoms with Crippen molar-refractivity contribution in [1.29, 1.82) is 0 Å². The maximum absolute atomic E-state index is 13.3. The van der Waals surface area contributed by atoms with Gasteiger partial charge in [0.1, 0.15) is 11.8 Å². The van der Waals surface area contributed by atoms with Gasteiger partial charge in [0.05, 0.1) is 24.6 Å². The van der Waals surface area contributed by atoms with E-state index in [0.29, 0.717) is 12.3 Å². The van der Waals surface area contributed by atoms with Gasteiger partial charge in [-0.25, -0.2) is 8.42 Å². The van der Waals surface area contributed by atoms with E-state index in [9.17, 15) is 31.2 Å². The Balaban J connectivity index is 2.22. The summed E-state index contributed by atoms with van der Waals surface area (Å²) in [7, 11) is -2.42. The van der Waals surface area contributed by atoms with Crippen molar-refractivity contribution in [2.75, 3.05) is 30.8 Å². The van der Waals surface area contributed by atoms with Crippen molar-refractivity contribution >= 4 is 27.5 Å². The lowest BCUT2D eigenvalue weighted by Crippen LogP contribution is -2.47. The molecule has 0 aliphatic heterocycles. The largest absolute Gasteiger partial charge is 0.497 e. The van der Waals surface area contributed by atoms with Gasteiger partial charge >= 0.3 is 6.18 Å². The van der Waals surface area contributed by atoms with Gasteiger partial charge in [0, 0.05) is 26.1 Å². The van der Waals surface area contributed by atoms with Crippen LogP contribution in [-0.2, 0) is 32.3 Å². The van der Waals surface area contributed by atoms with Crippen LogP contribution in [0.15, 0.2) is 48.5 Å². The van der Waals surface area contributed by atoms with Gasteiger partial charge in [0.15, 0.2) is 0 Å². The van der Waals surface area contributed by atoms with E-state index in [-0.39, 0.29) is 37.5 Å². The highest BCUT2D eigenvalue weighted by atomic mass is 32.2. The molecule has 0 bridgehead atoms. The van der Waals surface area contributed by atoms with E-state index in [1.165, 1.54) is 18.1 Å². The molecule has 0 spiro atoms. The molecule has 0 radical (unpaired) electrons. The van der Waals surface area contributed by atoms with Crippen molar-refractivity contribution < 1.29 is 35.9 Å². The molecule has 0 saturated heterocycles. The second-order valence-electron chi connectivity index (χ2n) is 8.83. The number of alkyl halides is 3. The Labute approximate surface area is 221 Å². The number of hydrogen-bond donors (Lipinski definition) is 1. The number of carbonyl (C=O) groups excluding carboxylic acids is 2. The Morgan fingerprint density at radius 1 is 1.11 bits per heavy atom. The van der Waals surface area contributed by atoms with Crippen molar-refractivity contribution in [3.8, 4) is 5.75 Å². The number of carbonyl (C=O) groups is 2. The maximum Gasteiger partial charge on any atom is 0.416 e. The summed E-state index contributed by atoms with van der Waals surface area (Å²) in [6.07, 6.45) is -3.12. The second-order valence-corrected chi connectivity index (χ2v) is 10.7. The Kier molecular flexibility index (Phi) is 11.0. The van der Waals surface area contributed by atoms with E-state index < -0.39 is 33.7 Å². The number of benzene rings is 2. The van der Waals surface area contributed by atoms with Gasteiger partial charge in [-0.1, -0.05) is 25.1 Å². The number of hydrogen-bond acceptors (Lipinski definition) is 5. The molecule has 1 atom stereocenters. The number of anilines is 1. The van der Waals surface area contributed by atoms with Gasteiger partial charge in [0.2, 0.25) is 21.8 Å². The molecule has 2 aromatic rings. The van der Waals surface area contributed by atoms with Crippen LogP contribution in [0.3, 0.4) is 0 Å². The summed E-state index contributed by atoms with van der Waals surface area (Å²) in [6.45, 7) is 3.86. The third kappa shape index (κ3) is 8.93. The third-order valence-corrected chi connectivity index (χ3v) is 7.01. The van der Waals surface area contributed by atoms with Crippen molar-refractivity contribution in [1.82, 2.24) is 10.2 Å². The van der Waals surface area contributed by atoms with Crippen LogP contribution in [0.4, 0.5) is 18.9 Å². The van der Waals surface area contributed by atoms with Gasteiger partial charge in [-0.3, -0.25) is 13.9 Å². The van der Waals surface area contributed by atoms with Crippen LogP contribution in [0.5, 0.6) is 5.75 Å². The number of methoxy groups -OCH3 is 1. The molecule has 0 unspecified atom stereocenters. The molecule has 210 valence electrons. The molecule has 0 aliphatic carbocycles. The Hall–Kier alpha value is -3.28. The van der Waals surface area contributed by atoms with Gasteiger partial charge in [0.25, 0.3) is 0 Å². The Bertz CT molecular complexity index is 1200. The number of nitrogens with one attached hydrogen (secondary N) is 1. The lowest BCUT2D eigenvalue weighted by molar-refractivity contribution is -0.140. The number of ether oxygens (including phenoxy) is 1. The summed E-state index contributed by atoms with van der Waals surface area (Å²) in [5.74, 6) is -0.142. The smallest absolute Gasteiger partial charge is 0.416 e. The second kappa shape index (κ2) is 13.5. The molecule has 1 N–H and O–H groups in total. The summed E-state index contributed by atoms with van der Waals surface area (Å²) in [6, 6.07) is 10.3. The fourth-order valence-corrected chi connectivity index (χ4v) is 4.74. The average Bonchev–Trinajstić information content (AvgIpc) is 2.86. The van der Waals surface area contributed by atoms with Crippen molar-refractivity contribution in [3.05, 3.63) is 59.7 Å². The van der Waals surface area contributed by atoms with Crippen molar-refractivity contribution in [2.45, 2.75) is 51.9 Å². The molecular formula is C26H34F3N3O5S. The Morgan fingerprint density at radius 3 is 2.39 bits per heavy atom. The summed E-state index contributed by atoms with van der Waals surface area (Å²) >= 11 is 0. The lowest BCUT2D eigenvalue weighted by atomic mass is 10.1. The topological polar surface area (TPSA) is 96.0 Å². The molecule has 0 saturated carbocycles. The first kappa shape index (κ1) is 30.9. The third-order valence-electron chi connectivity index (χ3n) is 5.82.